The summed E-state index contributed by atoms with van der Waals surface area (Å²) in [6.45, 7) is 2.09. The van der Waals surface area contributed by atoms with Crippen molar-refractivity contribution in [2.75, 3.05) is 10.6 Å². The number of Topliss-reactive ketones (excluding diaryl/α,β-unsaturated/α-hetero) is 1. The largest absolute Gasteiger partial charge is 0.372 e. The Bertz CT molecular complexity index is 1050. The van der Waals surface area contributed by atoms with Gasteiger partial charge in [0.1, 0.15) is 0 Å². The molecule has 0 radical (unpaired) electrons. The highest BCUT2D eigenvalue weighted by molar-refractivity contribution is 7.10. The Morgan fingerprint density at radius 3 is 2.46 bits per heavy atom. The maximum absolute atomic E-state index is 13.4. The molecule has 0 saturated carbocycles. The van der Waals surface area contributed by atoms with Crippen molar-refractivity contribution in [3.8, 4) is 0 Å². The molecule has 0 fully saturated rings. The number of aryl methyl sites for hydroxylation is 1. The Labute approximate surface area is 169 Å². The lowest BCUT2D eigenvalue weighted by Crippen LogP contribution is -2.26. The SMILES string of the molecule is Cc1ccc(C2CC(=O)C3=C(C2)Nc2ccccc2NC3c2cccs2)cc1. The average Bonchev–Trinajstić information content (AvgIpc) is 3.17. The number of carbonyl (C=O) groups excluding carboxylic acids is 1. The lowest BCUT2D eigenvalue weighted by atomic mass is 9.79. The minimum Gasteiger partial charge on any atom is -0.372 e. The van der Waals surface area contributed by atoms with Crippen LogP contribution in [-0.4, -0.2) is 5.78 Å². The van der Waals surface area contributed by atoms with Crippen molar-refractivity contribution in [2.24, 2.45) is 0 Å². The first-order chi connectivity index (χ1) is 13.7. The zero-order valence-corrected chi connectivity index (χ0v) is 16.6. The van der Waals surface area contributed by atoms with Crippen molar-refractivity contribution in [3.05, 3.63) is 93.3 Å². The predicted molar refractivity (Wildman–Crippen MR) is 116 cm³/mol. The van der Waals surface area contributed by atoms with Gasteiger partial charge >= 0.3 is 0 Å². The number of fused-ring (bicyclic) bond motifs is 1. The molecule has 0 amide bonds. The zero-order chi connectivity index (χ0) is 19.1. The van der Waals surface area contributed by atoms with Crippen LogP contribution in [0.5, 0.6) is 0 Å². The van der Waals surface area contributed by atoms with E-state index in [-0.39, 0.29) is 17.7 Å². The van der Waals surface area contributed by atoms with Crippen LogP contribution in [0, 0.1) is 6.92 Å². The molecule has 2 heterocycles. The van der Waals surface area contributed by atoms with Gasteiger partial charge in [-0.25, -0.2) is 0 Å². The van der Waals surface area contributed by atoms with Gasteiger partial charge < -0.3 is 10.6 Å². The fraction of sp³-hybridized carbons (Fsp3) is 0.208. The van der Waals surface area contributed by atoms with Crippen LogP contribution in [0.4, 0.5) is 11.4 Å². The summed E-state index contributed by atoms with van der Waals surface area (Å²) in [7, 11) is 0. The van der Waals surface area contributed by atoms with E-state index in [0.29, 0.717) is 6.42 Å². The second-order valence-corrected chi connectivity index (χ2v) is 8.57. The van der Waals surface area contributed by atoms with Crippen LogP contribution in [0.15, 0.2) is 77.3 Å². The average molecular weight is 387 g/mol. The Kier molecular flexibility index (Phi) is 4.29. The lowest BCUT2D eigenvalue weighted by molar-refractivity contribution is -0.116. The molecule has 3 aromatic rings. The number of hydrogen-bond donors (Lipinski definition) is 2. The van der Waals surface area contributed by atoms with Gasteiger partial charge in [-0.3, -0.25) is 4.79 Å². The zero-order valence-electron chi connectivity index (χ0n) is 15.7. The third-order valence-electron chi connectivity index (χ3n) is 5.69. The summed E-state index contributed by atoms with van der Waals surface area (Å²) < 4.78 is 0. The van der Waals surface area contributed by atoms with E-state index < -0.39 is 0 Å². The molecule has 2 aliphatic rings. The van der Waals surface area contributed by atoms with Crippen molar-refractivity contribution in [1.82, 2.24) is 0 Å². The van der Waals surface area contributed by atoms with Crippen LogP contribution in [-0.2, 0) is 4.79 Å². The number of carbonyl (C=O) groups is 1. The maximum Gasteiger partial charge on any atom is 0.163 e. The first-order valence-electron chi connectivity index (χ1n) is 9.68. The number of thiophene rings is 1. The number of para-hydroxylation sites is 2. The Balaban J connectivity index is 1.59. The first kappa shape index (κ1) is 17.3. The predicted octanol–water partition coefficient (Wildman–Crippen LogP) is 6.04. The third kappa shape index (κ3) is 3.04. The molecule has 2 atom stereocenters. The molecule has 0 saturated heterocycles. The van der Waals surface area contributed by atoms with Gasteiger partial charge in [0.25, 0.3) is 0 Å². The molecule has 5 rings (SSSR count). The number of nitrogens with one attached hydrogen (secondary N) is 2. The summed E-state index contributed by atoms with van der Waals surface area (Å²) >= 11 is 1.69. The molecule has 28 heavy (non-hydrogen) atoms. The van der Waals surface area contributed by atoms with Crippen molar-refractivity contribution < 1.29 is 4.79 Å². The molecular formula is C24H22N2OS. The van der Waals surface area contributed by atoms with Gasteiger partial charge in [0, 0.05) is 22.6 Å². The Morgan fingerprint density at radius 2 is 1.71 bits per heavy atom. The van der Waals surface area contributed by atoms with Gasteiger partial charge in [-0.15, -0.1) is 11.3 Å². The van der Waals surface area contributed by atoms with Crippen molar-refractivity contribution in [1.29, 1.82) is 0 Å². The van der Waals surface area contributed by atoms with Gasteiger partial charge in [-0.2, -0.15) is 0 Å². The summed E-state index contributed by atoms with van der Waals surface area (Å²) in [5, 5.41) is 9.29. The van der Waals surface area contributed by atoms with Crippen LogP contribution in [0.3, 0.4) is 0 Å². The molecular weight excluding hydrogens is 364 g/mol. The van der Waals surface area contributed by atoms with E-state index in [1.807, 2.05) is 12.1 Å². The topological polar surface area (TPSA) is 41.1 Å². The molecule has 140 valence electrons. The molecule has 1 aromatic heterocycles. The normalized spacial score (nSPS) is 21.2. The maximum atomic E-state index is 13.4. The van der Waals surface area contributed by atoms with E-state index in [1.54, 1.807) is 11.3 Å². The summed E-state index contributed by atoms with van der Waals surface area (Å²) in [5.41, 5.74) is 6.50. The summed E-state index contributed by atoms with van der Waals surface area (Å²) in [5.74, 6) is 0.451. The summed E-state index contributed by atoms with van der Waals surface area (Å²) in [4.78, 5) is 14.5. The summed E-state index contributed by atoms with van der Waals surface area (Å²) in [6, 6.07) is 20.9. The number of allylic oxidation sites excluding steroid dienone is 1. The highest BCUT2D eigenvalue weighted by atomic mass is 32.1. The van der Waals surface area contributed by atoms with Crippen LogP contribution < -0.4 is 10.6 Å². The third-order valence-corrected chi connectivity index (χ3v) is 6.62. The molecule has 2 aromatic carbocycles. The van der Waals surface area contributed by atoms with Crippen molar-refractivity contribution in [3.63, 3.8) is 0 Å². The highest BCUT2D eigenvalue weighted by Crippen LogP contribution is 2.44. The van der Waals surface area contributed by atoms with E-state index in [2.05, 4.69) is 71.5 Å². The van der Waals surface area contributed by atoms with E-state index >= 15 is 0 Å². The standard InChI is InChI=1S/C24H22N2OS/c1-15-8-10-16(11-9-15)17-13-20-23(21(27)14-17)24(22-7-4-12-28-22)26-19-6-3-2-5-18(19)25-20/h2-12,17,24-26H,13-14H2,1H3. The van der Waals surface area contributed by atoms with Crippen molar-refractivity contribution in [2.45, 2.75) is 31.7 Å². The number of hydrogen-bond acceptors (Lipinski definition) is 4. The van der Waals surface area contributed by atoms with Gasteiger partial charge in [-0.1, -0.05) is 48.0 Å². The molecule has 3 nitrogen and oxygen atoms in total. The van der Waals surface area contributed by atoms with E-state index in [1.165, 1.54) is 16.0 Å². The second kappa shape index (κ2) is 6.95. The molecule has 4 heteroatoms. The number of rotatable bonds is 2. The van der Waals surface area contributed by atoms with Crippen LogP contribution in [0.25, 0.3) is 0 Å². The van der Waals surface area contributed by atoms with Crippen molar-refractivity contribution >= 4 is 28.5 Å². The monoisotopic (exact) mass is 386 g/mol. The minimum absolute atomic E-state index is 0.0994. The summed E-state index contributed by atoms with van der Waals surface area (Å²) in [6.07, 6.45) is 1.41. The number of ketones is 1. The molecule has 2 N–H and O–H groups in total. The van der Waals surface area contributed by atoms with E-state index in [4.69, 9.17) is 0 Å². The first-order valence-corrected chi connectivity index (χ1v) is 10.6. The van der Waals surface area contributed by atoms with E-state index in [9.17, 15) is 4.79 Å². The smallest absolute Gasteiger partial charge is 0.163 e. The minimum atomic E-state index is -0.0994. The van der Waals surface area contributed by atoms with Crippen LogP contribution >= 0.6 is 11.3 Å². The van der Waals surface area contributed by atoms with E-state index in [0.717, 1.165) is 29.1 Å². The molecule has 1 aliphatic carbocycles. The van der Waals surface area contributed by atoms with Crippen LogP contribution in [0.1, 0.15) is 40.8 Å². The number of benzene rings is 2. The molecule has 2 unspecified atom stereocenters. The Morgan fingerprint density at radius 1 is 0.929 bits per heavy atom. The quantitative estimate of drug-likeness (QED) is 0.564. The molecule has 0 bridgehead atoms. The molecule has 0 spiro atoms. The number of anilines is 2. The fourth-order valence-electron chi connectivity index (χ4n) is 4.24. The molecule has 1 aliphatic heterocycles. The second-order valence-electron chi connectivity index (χ2n) is 7.59. The fourth-order valence-corrected chi connectivity index (χ4v) is 5.02. The van der Waals surface area contributed by atoms with Gasteiger partial charge in [0.2, 0.25) is 0 Å². The van der Waals surface area contributed by atoms with Gasteiger partial charge in [-0.05, 0) is 48.4 Å². The lowest BCUT2D eigenvalue weighted by Gasteiger charge is -2.29. The van der Waals surface area contributed by atoms with Gasteiger partial charge in [0.15, 0.2) is 5.78 Å². The van der Waals surface area contributed by atoms with Crippen LogP contribution in [0.2, 0.25) is 0 Å². The Hall–Kier alpha value is -2.85. The highest BCUT2D eigenvalue weighted by Gasteiger charge is 2.36. The van der Waals surface area contributed by atoms with Gasteiger partial charge in [0.05, 0.1) is 17.4 Å².